The molecule has 4 nitrogen and oxygen atoms in total. The standard InChI is InChI=1S/C20H27N3O/c1-13-21-17-7-2-3-8-18(17)23(13)19-9-14-11-22(16-5-4-6-16)12-15(14)10-20(19)24/h2-3,7-8,14-16,19-20,24H,4-6,9-12H2,1H3/t14-,15+,19-,20-/m0/s1. The Hall–Kier alpha value is -1.39. The molecule has 1 N–H and O–H groups in total. The summed E-state index contributed by atoms with van der Waals surface area (Å²) in [5.74, 6) is 2.46. The molecule has 0 radical (unpaired) electrons. The van der Waals surface area contributed by atoms with Crippen LogP contribution in [0.15, 0.2) is 24.3 Å². The first-order valence-corrected chi connectivity index (χ1v) is 9.56. The minimum Gasteiger partial charge on any atom is -0.391 e. The molecule has 1 aromatic heterocycles. The van der Waals surface area contributed by atoms with E-state index in [1.165, 1.54) is 37.9 Å². The maximum atomic E-state index is 10.9. The molecule has 2 aromatic rings. The molecule has 1 aliphatic heterocycles. The van der Waals surface area contributed by atoms with E-state index in [1.54, 1.807) is 0 Å². The average Bonchev–Trinajstić information content (AvgIpc) is 3.04. The predicted octanol–water partition coefficient (Wildman–Crippen LogP) is 3.14. The lowest BCUT2D eigenvalue weighted by molar-refractivity contribution is 0.0366. The third-order valence-corrected chi connectivity index (χ3v) is 6.83. The Morgan fingerprint density at radius 1 is 1.08 bits per heavy atom. The molecule has 1 saturated heterocycles. The van der Waals surface area contributed by atoms with Gasteiger partial charge in [-0.1, -0.05) is 18.6 Å². The number of aliphatic hydroxyl groups excluding tert-OH is 1. The van der Waals surface area contributed by atoms with Crippen molar-refractivity contribution in [2.75, 3.05) is 13.1 Å². The van der Waals surface area contributed by atoms with Gasteiger partial charge in [-0.15, -0.1) is 0 Å². The van der Waals surface area contributed by atoms with Crippen molar-refractivity contribution in [3.63, 3.8) is 0 Å². The summed E-state index contributed by atoms with van der Waals surface area (Å²) in [5.41, 5.74) is 2.22. The van der Waals surface area contributed by atoms with Crippen LogP contribution in [0.2, 0.25) is 0 Å². The minimum absolute atomic E-state index is 0.181. The van der Waals surface area contributed by atoms with Crippen LogP contribution in [-0.2, 0) is 0 Å². The van der Waals surface area contributed by atoms with E-state index in [0.29, 0.717) is 5.92 Å². The number of aryl methyl sites for hydroxylation is 1. The van der Waals surface area contributed by atoms with Crippen LogP contribution < -0.4 is 0 Å². The van der Waals surface area contributed by atoms with Crippen LogP contribution in [0.5, 0.6) is 0 Å². The molecule has 2 saturated carbocycles. The number of imidazole rings is 1. The Labute approximate surface area is 143 Å². The Morgan fingerprint density at radius 2 is 1.83 bits per heavy atom. The smallest absolute Gasteiger partial charge is 0.107 e. The van der Waals surface area contributed by atoms with Gasteiger partial charge in [-0.25, -0.2) is 4.98 Å². The second-order valence-corrected chi connectivity index (χ2v) is 8.18. The Morgan fingerprint density at radius 3 is 2.58 bits per heavy atom. The van der Waals surface area contributed by atoms with E-state index in [1.807, 2.05) is 6.07 Å². The molecule has 3 aliphatic rings. The van der Waals surface area contributed by atoms with Gasteiger partial charge in [-0.05, 0) is 56.6 Å². The number of benzene rings is 1. The van der Waals surface area contributed by atoms with E-state index >= 15 is 0 Å². The predicted molar refractivity (Wildman–Crippen MR) is 94.9 cm³/mol. The van der Waals surface area contributed by atoms with Gasteiger partial charge in [0.05, 0.1) is 23.2 Å². The van der Waals surface area contributed by atoms with Crippen molar-refractivity contribution in [3.8, 4) is 0 Å². The Kier molecular flexibility index (Phi) is 3.46. The highest BCUT2D eigenvalue weighted by Gasteiger charge is 2.44. The molecule has 0 spiro atoms. The lowest BCUT2D eigenvalue weighted by Crippen LogP contribution is -2.38. The first kappa shape index (κ1) is 14.9. The molecule has 5 rings (SSSR count). The summed E-state index contributed by atoms with van der Waals surface area (Å²) in [7, 11) is 0. The van der Waals surface area contributed by atoms with E-state index in [-0.39, 0.29) is 12.1 Å². The normalized spacial score (nSPS) is 34.4. The van der Waals surface area contributed by atoms with Crippen LogP contribution >= 0.6 is 0 Å². The van der Waals surface area contributed by atoms with Crippen LogP contribution in [0.3, 0.4) is 0 Å². The van der Waals surface area contributed by atoms with E-state index in [4.69, 9.17) is 4.98 Å². The number of aromatic nitrogens is 2. The molecule has 2 heterocycles. The van der Waals surface area contributed by atoms with E-state index in [2.05, 4.69) is 34.6 Å². The van der Waals surface area contributed by atoms with Crippen molar-refractivity contribution in [1.82, 2.24) is 14.5 Å². The van der Waals surface area contributed by atoms with Crippen LogP contribution in [-0.4, -0.2) is 44.8 Å². The molecular formula is C20H27N3O. The fraction of sp³-hybridized carbons (Fsp3) is 0.650. The van der Waals surface area contributed by atoms with Crippen LogP contribution in [0.1, 0.15) is 44.0 Å². The molecule has 0 amide bonds. The van der Waals surface area contributed by atoms with Gasteiger partial charge < -0.3 is 9.67 Å². The van der Waals surface area contributed by atoms with Crippen LogP contribution in [0.25, 0.3) is 11.0 Å². The van der Waals surface area contributed by atoms with Crippen molar-refractivity contribution in [3.05, 3.63) is 30.1 Å². The highest BCUT2D eigenvalue weighted by atomic mass is 16.3. The first-order chi connectivity index (χ1) is 11.7. The fourth-order valence-electron chi connectivity index (χ4n) is 5.35. The highest BCUT2D eigenvalue weighted by molar-refractivity contribution is 5.76. The molecule has 3 fully saturated rings. The Bertz CT molecular complexity index is 750. The average molecular weight is 325 g/mol. The largest absolute Gasteiger partial charge is 0.391 e. The van der Waals surface area contributed by atoms with Crippen molar-refractivity contribution in [1.29, 1.82) is 0 Å². The number of nitrogens with zero attached hydrogens (tertiary/aromatic N) is 3. The van der Waals surface area contributed by atoms with Gasteiger partial charge in [0.25, 0.3) is 0 Å². The first-order valence-electron chi connectivity index (χ1n) is 9.56. The number of hydrogen-bond donors (Lipinski definition) is 1. The summed E-state index contributed by atoms with van der Waals surface area (Å²) in [4.78, 5) is 7.43. The van der Waals surface area contributed by atoms with Crippen molar-refractivity contribution < 1.29 is 5.11 Å². The SMILES string of the molecule is Cc1nc2ccccc2n1[C@H]1C[C@H]2CN(C3CCC3)C[C@H]2C[C@@H]1O. The summed E-state index contributed by atoms with van der Waals surface area (Å²) in [5, 5.41) is 10.9. The number of fused-ring (bicyclic) bond motifs is 2. The molecule has 2 aliphatic carbocycles. The maximum Gasteiger partial charge on any atom is 0.107 e. The van der Waals surface area contributed by atoms with Gasteiger partial charge in [0.2, 0.25) is 0 Å². The third-order valence-electron chi connectivity index (χ3n) is 6.83. The summed E-state index contributed by atoms with van der Waals surface area (Å²) in [6.45, 7) is 4.53. The summed E-state index contributed by atoms with van der Waals surface area (Å²) < 4.78 is 2.31. The van der Waals surface area contributed by atoms with Crippen molar-refractivity contribution in [2.24, 2.45) is 11.8 Å². The van der Waals surface area contributed by atoms with Crippen molar-refractivity contribution in [2.45, 2.75) is 57.2 Å². The quantitative estimate of drug-likeness (QED) is 0.922. The molecular weight excluding hydrogens is 298 g/mol. The third kappa shape index (κ3) is 2.23. The molecule has 4 heteroatoms. The maximum absolute atomic E-state index is 10.9. The van der Waals surface area contributed by atoms with Gasteiger partial charge in [0, 0.05) is 19.1 Å². The second-order valence-electron chi connectivity index (χ2n) is 8.18. The molecule has 0 bridgehead atoms. The number of para-hydroxylation sites is 2. The summed E-state index contributed by atoms with van der Waals surface area (Å²) >= 11 is 0. The molecule has 24 heavy (non-hydrogen) atoms. The topological polar surface area (TPSA) is 41.3 Å². The lowest BCUT2D eigenvalue weighted by atomic mass is 9.77. The number of rotatable bonds is 2. The minimum atomic E-state index is -0.246. The number of aliphatic hydroxyl groups is 1. The zero-order valence-electron chi connectivity index (χ0n) is 14.4. The number of hydrogen-bond acceptors (Lipinski definition) is 3. The zero-order valence-corrected chi connectivity index (χ0v) is 14.4. The monoisotopic (exact) mass is 325 g/mol. The molecule has 0 unspecified atom stereocenters. The van der Waals surface area contributed by atoms with E-state index < -0.39 is 0 Å². The van der Waals surface area contributed by atoms with Gasteiger partial charge in [-0.3, -0.25) is 4.90 Å². The van der Waals surface area contributed by atoms with Gasteiger partial charge in [0.1, 0.15) is 5.82 Å². The molecule has 1 aromatic carbocycles. The number of likely N-dealkylation sites (tertiary alicyclic amines) is 1. The highest BCUT2D eigenvalue weighted by Crippen LogP contribution is 2.44. The van der Waals surface area contributed by atoms with Gasteiger partial charge >= 0.3 is 0 Å². The van der Waals surface area contributed by atoms with Crippen molar-refractivity contribution >= 4 is 11.0 Å². The van der Waals surface area contributed by atoms with Gasteiger partial charge in [0.15, 0.2) is 0 Å². The van der Waals surface area contributed by atoms with E-state index in [0.717, 1.165) is 36.1 Å². The fourth-order valence-corrected chi connectivity index (χ4v) is 5.35. The van der Waals surface area contributed by atoms with Crippen LogP contribution in [0.4, 0.5) is 0 Å². The van der Waals surface area contributed by atoms with Crippen LogP contribution in [0, 0.1) is 18.8 Å². The summed E-state index contributed by atoms with van der Waals surface area (Å²) in [6.07, 6.45) is 5.97. The molecule has 4 atom stereocenters. The molecule has 128 valence electrons. The lowest BCUT2D eigenvalue weighted by Gasteiger charge is -2.36. The van der Waals surface area contributed by atoms with Gasteiger partial charge in [-0.2, -0.15) is 0 Å². The second kappa shape index (κ2) is 5.57. The Balaban J connectivity index is 1.43. The summed E-state index contributed by atoms with van der Waals surface area (Å²) in [6, 6.07) is 9.35. The zero-order chi connectivity index (χ0) is 16.3. The van der Waals surface area contributed by atoms with E-state index in [9.17, 15) is 5.11 Å².